The first-order valence-electron chi connectivity index (χ1n) is 10.2. The van der Waals surface area contributed by atoms with Gasteiger partial charge >= 0.3 is 0 Å². The summed E-state index contributed by atoms with van der Waals surface area (Å²) in [5.41, 5.74) is 4.72. The Balaban J connectivity index is 1.62. The maximum Gasteiger partial charge on any atom is 0.179 e. The Morgan fingerprint density at radius 3 is 2.84 bits per heavy atom. The van der Waals surface area contributed by atoms with Crippen LogP contribution in [0.25, 0.3) is 22.3 Å². The number of H-pyrrole nitrogens is 1. The third-order valence-electron chi connectivity index (χ3n) is 5.31. The smallest absolute Gasteiger partial charge is 0.179 e. The Bertz CT molecular complexity index is 1220. The average Bonchev–Trinajstić information content (AvgIpc) is 3.26. The molecular weight excluding hydrogens is 388 g/mol. The van der Waals surface area contributed by atoms with Crippen molar-refractivity contribution >= 4 is 28.1 Å². The molecule has 2 aromatic carbocycles. The van der Waals surface area contributed by atoms with Gasteiger partial charge in [0, 0.05) is 28.0 Å². The summed E-state index contributed by atoms with van der Waals surface area (Å²) in [6.07, 6.45) is 4.50. The van der Waals surface area contributed by atoms with Crippen molar-refractivity contribution in [2.24, 2.45) is 5.92 Å². The summed E-state index contributed by atoms with van der Waals surface area (Å²) in [6.45, 7) is 8.46. The number of anilines is 3. The van der Waals surface area contributed by atoms with Crippen LogP contribution < -0.4 is 15.4 Å². The highest BCUT2D eigenvalue weighted by Crippen LogP contribution is 2.30. The second-order valence-corrected chi connectivity index (χ2v) is 7.45. The highest BCUT2D eigenvalue weighted by molar-refractivity contribution is 5.83. The van der Waals surface area contributed by atoms with Gasteiger partial charge in [-0.05, 0) is 42.7 Å². The number of ether oxygens (including phenoxy) is 1. The summed E-state index contributed by atoms with van der Waals surface area (Å²) < 4.78 is 5.47. The monoisotopic (exact) mass is 414 g/mol. The summed E-state index contributed by atoms with van der Waals surface area (Å²) in [6, 6.07) is 13.9. The van der Waals surface area contributed by atoms with Gasteiger partial charge in [0.15, 0.2) is 17.4 Å². The Labute approximate surface area is 181 Å². The predicted octanol–water partition coefficient (Wildman–Crippen LogP) is 5.74. The number of methoxy groups -OCH3 is 1. The highest BCUT2D eigenvalue weighted by atomic mass is 16.5. The Morgan fingerprint density at radius 1 is 1.16 bits per heavy atom. The zero-order valence-corrected chi connectivity index (χ0v) is 17.9. The first-order chi connectivity index (χ1) is 15.1. The number of rotatable bonds is 8. The molecule has 0 radical (unpaired) electrons. The van der Waals surface area contributed by atoms with E-state index in [-0.39, 0.29) is 0 Å². The molecule has 0 spiro atoms. The van der Waals surface area contributed by atoms with Crippen molar-refractivity contribution in [3.8, 4) is 17.1 Å². The van der Waals surface area contributed by atoms with E-state index >= 15 is 0 Å². The fourth-order valence-corrected chi connectivity index (χ4v) is 3.20. The number of aromatic nitrogens is 4. The first kappa shape index (κ1) is 20.4. The minimum absolute atomic E-state index is 0.393. The molecule has 31 heavy (non-hydrogen) atoms. The molecule has 0 saturated carbocycles. The van der Waals surface area contributed by atoms with E-state index in [4.69, 9.17) is 9.72 Å². The molecule has 4 rings (SSSR count). The lowest BCUT2D eigenvalue weighted by Crippen LogP contribution is -2.06. The van der Waals surface area contributed by atoms with Crippen molar-refractivity contribution in [1.82, 2.24) is 20.2 Å². The Hall–Kier alpha value is -3.87. The van der Waals surface area contributed by atoms with Crippen molar-refractivity contribution in [3.63, 3.8) is 0 Å². The van der Waals surface area contributed by atoms with E-state index in [1.54, 1.807) is 19.5 Å². The van der Waals surface area contributed by atoms with Crippen LogP contribution in [0.4, 0.5) is 17.2 Å². The van der Waals surface area contributed by atoms with E-state index in [0.29, 0.717) is 23.3 Å². The molecule has 0 amide bonds. The third kappa shape index (κ3) is 4.50. The summed E-state index contributed by atoms with van der Waals surface area (Å²) in [5.74, 6) is 2.16. The number of nitrogens with one attached hydrogen (secondary N) is 3. The van der Waals surface area contributed by atoms with Crippen LogP contribution in [0, 0.1) is 5.92 Å². The van der Waals surface area contributed by atoms with E-state index in [0.717, 1.165) is 40.0 Å². The van der Waals surface area contributed by atoms with Gasteiger partial charge in [-0.1, -0.05) is 32.6 Å². The summed E-state index contributed by atoms with van der Waals surface area (Å²) >= 11 is 0. The van der Waals surface area contributed by atoms with Crippen LogP contribution in [-0.4, -0.2) is 27.3 Å². The van der Waals surface area contributed by atoms with Crippen LogP contribution in [0.2, 0.25) is 0 Å². The predicted molar refractivity (Wildman–Crippen MR) is 126 cm³/mol. The topological polar surface area (TPSA) is 87.8 Å². The van der Waals surface area contributed by atoms with Gasteiger partial charge < -0.3 is 15.4 Å². The van der Waals surface area contributed by atoms with Gasteiger partial charge in [-0.3, -0.25) is 5.10 Å². The van der Waals surface area contributed by atoms with Crippen LogP contribution in [0.5, 0.6) is 5.75 Å². The van der Waals surface area contributed by atoms with Gasteiger partial charge in [0.1, 0.15) is 0 Å². The molecule has 2 aromatic heterocycles. The zero-order valence-electron chi connectivity index (χ0n) is 17.9. The zero-order chi connectivity index (χ0) is 21.8. The molecule has 3 N–H and O–H groups in total. The number of allylic oxidation sites excluding steroid dienone is 1. The van der Waals surface area contributed by atoms with E-state index < -0.39 is 0 Å². The highest BCUT2D eigenvalue weighted by Gasteiger charge is 2.12. The van der Waals surface area contributed by atoms with E-state index in [1.165, 1.54) is 0 Å². The fourth-order valence-electron chi connectivity index (χ4n) is 3.20. The van der Waals surface area contributed by atoms with Crippen molar-refractivity contribution in [3.05, 3.63) is 67.1 Å². The molecule has 0 saturated heterocycles. The number of hydrogen-bond donors (Lipinski definition) is 3. The van der Waals surface area contributed by atoms with Gasteiger partial charge in [-0.2, -0.15) is 5.10 Å². The molecule has 0 aliphatic heterocycles. The number of nitrogens with zero attached hydrogens (tertiary/aromatic N) is 3. The minimum atomic E-state index is 0.393. The largest absolute Gasteiger partial charge is 0.491 e. The lowest BCUT2D eigenvalue weighted by Gasteiger charge is -2.16. The standard InChI is InChI=1S/C24H26N6O/c1-5-15(2)16(3)27-19-8-6-7-17(11-19)23-25-14-22(31-4)24(29-23)28-20-9-10-21-18(12-20)13-26-30-21/h6-15,27H,3,5H2,1-2,4H3,(H,26,30)(H,25,28,29). The van der Waals surface area contributed by atoms with Gasteiger partial charge in [0.05, 0.1) is 25.0 Å². The normalized spacial score (nSPS) is 11.8. The van der Waals surface area contributed by atoms with Gasteiger partial charge in [-0.25, -0.2) is 9.97 Å². The molecule has 1 atom stereocenters. The molecule has 2 heterocycles. The number of aromatic amines is 1. The van der Waals surface area contributed by atoms with Crippen molar-refractivity contribution in [1.29, 1.82) is 0 Å². The number of hydrogen-bond acceptors (Lipinski definition) is 6. The van der Waals surface area contributed by atoms with Crippen LogP contribution in [0.15, 0.2) is 67.1 Å². The maximum atomic E-state index is 5.47. The van der Waals surface area contributed by atoms with Crippen LogP contribution in [0.1, 0.15) is 20.3 Å². The third-order valence-corrected chi connectivity index (χ3v) is 5.31. The molecular formula is C24H26N6O. The van der Waals surface area contributed by atoms with Crippen LogP contribution >= 0.6 is 0 Å². The summed E-state index contributed by atoms with van der Waals surface area (Å²) in [5, 5.41) is 14.8. The van der Waals surface area contributed by atoms with Crippen molar-refractivity contribution < 1.29 is 4.74 Å². The fraction of sp³-hybridized carbons (Fsp3) is 0.208. The Kier molecular flexibility index (Phi) is 5.84. The van der Waals surface area contributed by atoms with E-state index in [2.05, 4.69) is 46.2 Å². The second-order valence-electron chi connectivity index (χ2n) is 7.45. The summed E-state index contributed by atoms with van der Waals surface area (Å²) in [7, 11) is 1.61. The van der Waals surface area contributed by atoms with Gasteiger partial charge in [-0.15, -0.1) is 0 Å². The summed E-state index contributed by atoms with van der Waals surface area (Å²) in [4.78, 5) is 9.22. The van der Waals surface area contributed by atoms with Crippen LogP contribution in [-0.2, 0) is 0 Å². The number of fused-ring (bicyclic) bond motifs is 1. The lowest BCUT2D eigenvalue weighted by molar-refractivity contribution is 0.413. The molecule has 158 valence electrons. The molecule has 4 aromatic rings. The van der Waals surface area contributed by atoms with Crippen molar-refractivity contribution in [2.45, 2.75) is 20.3 Å². The SMILES string of the molecule is C=C(Nc1cccc(-c2ncc(OC)c(Nc3ccc4[nH]ncc4c3)n2)c1)C(C)CC. The maximum absolute atomic E-state index is 5.47. The van der Waals surface area contributed by atoms with Crippen LogP contribution in [0.3, 0.4) is 0 Å². The van der Waals surface area contributed by atoms with E-state index in [1.807, 2.05) is 42.5 Å². The van der Waals surface area contributed by atoms with Crippen molar-refractivity contribution in [2.75, 3.05) is 17.7 Å². The lowest BCUT2D eigenvalue weighted by atomic mass is 10.1. The van der Waals surface area contributed by atoms with E-state index in [9.17, 15) is 0 Å². The molecule has 7 heteroatoms. The molecule has 0 aliphatic rings. The molecule has 0 aliphatic carbocycles. The van der Waals surface area contributed by atoms with Gasteiger partial charge in [0.25, 0.3) is 0 Å². The molecule has 7 nitrogen and oxygen atoms in total. The quantitative estimate of drug-likeness (QED) is 0.341. The second kappa shape index (κ2) is 8.87. The molecule has 1 unspecified atom stereocenters. The Morgan fingerprint density at radius 2 is 2.03 bits per heavy atom. The molecule has 0 fully saturated rings. The first-order valence-corrected chi connectivity index (χ1v) is 10.2. The number of benzene rings is 2. The minimum Gasteiger partial charge on any atom is -0.491 e. The van der Waals surface area contributed by atoms with Gasteiger partial charge in [0.2, 0.25) is 0 Å². The molecule has 0 bridgehead atoms. The average molecular weight is 415 g/mol.